The fourth-order valence-electron chi connectivity index (χ4n) is 1.62. The molecule has 4 aliphatic heterocycles. The van der Waals surface area contributed by atoms with Crippen molar-refractivity contribution in [3.63, 3.8) is 0 Å². The van der Waals surface area contributed by atoms with Crippen LogP contribution in [-0.2, 0) is 0 Å². The van der Waals surface area contributed by atoms with E-state index in [1.807, 2.05) is 12.2 Å². The van der Waals surface area contributed by atoms with E-state index in [9.17, 15) is 9.59 Å². The van der Waals surface area contributed by atoms with E-state index < -0.39 is 11.0 Å². The van der Waals surface area contributed by atoms with Gasteiger partial charge in [-0.05, 0) is 18.2 Å². The van der Waals surface area contributed by atoms with Gasteiger partial charge in [-0.25, -0.2) is 4.98 Å². The van der Waals surface area contributed by atoms with Gasteiger partial charge in [-0.1, -0.05) is 0 Å². The summed E-state index contributed by atoms with van der Waals surface area (Å²) in [7, 11) is 0. The minimum atomic E-state index is -0.710. The zero-order chi connectivity index (χ0) is 12.5. The standard InChI is InChI=1S/C6H2N2O2.C6H4N2/c9-5-4-3(1-2-7-4)8-6(5)10;1-3-7-6-2-4-8-5(1)6/h1-2H;1-4H. The van der Waals surface area contributed by atoms with Crippen molar-refractivity contribution in [3.05, 3.63) is 57.4 Å². The molecule has 4 heterocycles. The number of allylic oxidation sites excluding steroid dienone is 2. The third-order valence-electron chi connectivity index (χ3n) is 2.46. The summed E-state index contributed by atoms with van der Waals surface area (Å²) in [6.45, 7) is 0. The van der Waals surface area contributed by atoms with Crippen molar-refractivity contribution < 1.29 is 0 Å². The second-order valence-corrected chi connectivity index (χ2v) is 3.58. The Hall–Kier alpha value is -2.76. The predicted octanol–water partition coefficient (Wildman–Crippen LogP) is 0.100. The number of nitrogens with zero attached hydrogens (tertiary/aromatic N) is 4. The Bertz CT molecular complexity index is 750. The van der Waals surface area contributed by atoms with Crippen LogP contribution in [0.1, 0.15) is 0 Å². The lowest BCUT2D eigenvalue weighted by Crippen LogP contribution is -2.19. The highest BCUT2D eigenvalue weighted by Gasteiger charge is 2.14. The molecule has 0 amide bonds. The van der Waals surface area contributed by atoms with Gasteiger partial charge in [0.15, 0.2) is 0 Å². The second kappa shape index (κ2) is 3.92. The van der Waals surface area contributed by atoms with Gasteiger partial charge in [0.1, 0.15) is 5.69 Å². The molecule has 0 fully saturated rings. The van der Waals surface area contributed by atoms with Crippen molar-refractivity contribution in [3.8, 4) is 11.4 Å². The summed E-state index contributed by atoms with van der Waals surface area (Å²) >= 11 is 0. The molecule has 0 bridgehead atoms. The Morgan fingerprint density at radius 2 is 1.61 bits per heavy atom. The third-order valence-corrected chi connectivity index (χ3v) is 2.46. The molecule has 6 nitrogen and oxygen atoms in total. The molecule has 6 heteroatoms. The van der Waals surface area contributed by atoms with Gasteiger partial charge >= 0.3 is 5.56 Å². The molecule has 0 aromatic heterocycles. The molecule has 0 aromatic carbocycles. The van der Waals surface area contributed by atoms with E-state index in [0.717, 1.165) is 11.4 Å². The molecule has 0 aliphatic carbocycles. The van der Waals surface area contributed by atoms with Crippen LogP contribution in [-0.4, -0.2) is 21.4 Å². The van der Waals surface area contributed by atoms with Gasteiger partial charge in [-0.3, -0.25) is 24.6 Å². The van der Waals surface area contributed by atoms with E-state index in [2.05, 4.69) is 20.0 Å². The fraction of sp³-hybridized carbons (Fsp3) is 0. The van der Waals surface area contributed by atoms with E-state index in [1.54, 1.807) is 12.4 Å². The Balaban J connectivity index is 0.000000114. The first-order chi connectivity index (χ1) is 8.75. The lowest BCUT2D eigenvalue weighted by Gasteiger charge is -1.80. The minimum Gasteiger partial charge on any atom is -0.281 e. The maximum absolute atomic E-state index is 10.8. The number of hydrogen-bond acceptors (Lipinski definition) is 6. The molecular formula is C12H6N4O2. The van der Waals surface area contributed by atoms with Crippen molar-refractivity contribution >= 4 is 11.4 Å². The Kier molecular flexibility index (Phi) is 2.26. The third kappa shape index (κ3) is 1.60. The summed E-state index contributed by atoms with van der Waals surface area (Å²) in [5.74, 6) is 0. The molecule has 18 heavy (non-hydrogen) atoms. The summed E-state index contributed by atoms with van der Waals surface area (Å²) in [5.41, 5.74) is 1.26. The van der Waals surface area contributed by atoms with E-state index in [-0.39, 0.29) is 5.69 Å². The first kappa shape index (κ1) is 10.4. The molecule has 86 valence electrons. The summed E-state index contributed by atoms with van der Waals surface area (Å²) in [6.07, 6.45) is 8.78. The maximum atomic E-state index is 10.8. The van der Waals surface area contributed by atoms with Gasteiger partial charge in [0.25, 0.3) is 5.43 Å². The van der Waals surface area contributed by atoms with Crippen LogP contribution in [0, 0.1) is 0 Å². The SMILES string of the molecule is C1=CC2=NC=CC2=N1.O=c1nc2ccnc-2c1=O. The number of fused-ring (bicyclic) bond motifs is 2. The first-order valence-electron chi connectivity index (χ1n) is 5.17. The molecule has 0 unspecified atom stereocenters. The van der Waals surface area contributed by atoms with Crippen LogP contribution in [0.2, 0.25) is 0 Å². The van der Waals surface area contributed by atoms with Crippen LogP contribution in [0.3, 0.4) is 0 Å². The van der Waals surface area contributed by atoms with Crippen molar-refractivity contribution in [2.24, 2.45) is 9.98 Å². The molecule has 0 aromatic rings. The molecular weight excluding hydrogens is 232 g/mol. The van der Waals surface area contributed by atoms with Crippen molar-refractivity contribution in [1.29, 1.82) is 0 Å². The Labute approximate surface area is 101 Å². The molecule has 0 saturated heterocycles. The van der Waals surface area contributed by atoms with E-state index in [0.29, 0.717) is 5.69 Å². The smallest absolute Gasteiger partial charge is 0.281 e. The van der Waals surface area contributed by atoms with Crippen LogP contribution in [0.25, 0.3) is 11.4 Å². The van der Waals surface area contributed by atoms with Crippen LogP contribution >= 0.6 is 0 Å². The molecule has 0 radical (unpaired) electrons. The topological polar surface area (TPSA) is 84.6 Å². The van der Waals surface area contributed by atoms with Gasteiger partial charge in [0, 0.05) is 18.6 Å². The predicted molar refractivity (Wildman–Crippen MR) is 66.7 cm³/mol. The van der Waals surface area contributed by atoms with Gasteiger partial charge in [0.2, 0.25) is 0 Å². The van der Waals surface area contributed by atoms with Gasteiger partial charge in [-0.2, -0.15) is 0 Å². The average Bonchev–Trinajstić information content (AvgIpc) is 3.05. The van der Waals surface area contributed by atoms with Crippen molar-refractivity contribution in [1.82, 2.24) is 9.97 Å². The van der Waals surface area contributed by atoms with Gasteiger partial charge in [-0.15, -0.1) is 0 Å². The van der Waals surface area contributed by atoms with Crippen LogP contribution < -0.4 is 11.0 Å². The zero-order valence-electron chi connectivity index (χ0n) is 9.07. The van der Waals surface area contributed by atoms with E-state index in [1.165, 1.54) is 12.3 Å². The molecule has 0 atom stereocenters. The normalized spacial score (nSPS) is 15.3. The monoisotopic (exact) mass is 238 g/mol. The molecule has 4 aliphatic rings. The van der Waals surface area contributed by atoms with Gasteiger partial charge < -0.3 is 0 Å². The maximum Gasteiger partial charge on any atom is 0.320 e. The largest absolute Gasteiger partial charge is 0.320 e. The summed E-state index contributed by atoms with van der Waals surface area (Å²) in [5, 5.41) is 0. The van der Waals surface area contributed by atoms with Crippen LogP contribution in [0.5, 0.6) is 0 Å². The number of hydrogen-bond donors (Lipinski definition) is 0. The van der Waals surface area contributed by atoms with Crippen molar-refractivity contribution in [2.45, 2.75) is 0 Å². The number of aromatic nitrogens is 2. The zero-order valence-corrected chi connectivity index (χ0v) is 9.07. The quantitative estimate of drug-likeness (QED) is 0.609. The lowest BCUT2D eigenvalue weighted by atomic mass is 10.3. The number of aliphatic imine (C=N–C) groups is 2. The van der Waals surface area contributed by atoms with E-state index in [4.69, 9.17) is 0 Å². The average molecular weight is 238 g/mol. The Morgan fingerprint density at radius 3 is 2.22 bits per heavy atom. The molecule has 0 saturated carbocycles. The molecule has 4 rings (SSSR count). The van der Waals surface area contributed by atoms with Crippen LogP contribution in [0.4, 0.5) is 0 Å². The highest BCUT2D eigenvalue weighted by Crippen LogP contribution is 2.08. The highest BCUT2D eigenvalue weighted by molar-refractivity contribution is 6.53. The summed E-state index contributed by atoms with van der Waals surface area (Å²) < 4.78 is 0. The lowest BCUT2D eigenvalue weighted by molar-refractivity contribution is 1.30. The minimum absolute atomic E-state index is 0.185. The first-order valence-corrected chi connectivity index (χ1v) is 5.17. The van der Waals surface area contributed by atoms with E-state index >= 15 is 0 Å². The van der Waals surface area contributed by atoms with Crippen molar-refractivity contribution in [2.75, 3.05) is 0 Å². The highest BCUT2D eigenvalue weighted by atomic mass is 16.2. The van der Waals surface area contributed by atoms with Gasteiger partial charge in [0.05, 0.1) is 17.1 Å². The fourth-order valence-corrected chi connectivity index (χ4v) is 1.62. The summed E-state index contributed by atoms with van der Waals surface area (Å²) in [4.78, 5) is 36.4. The Morgan fingerprint density at radius 1 is 0.944 bits per heavy atom. The summed E-state index contributed by atoms with van der Waals surface area (Å²) in [6, 6.07) is 1.54. The molecule has 0 spiro atoms. The second-order valence-electron chi connectivity index (χ2n) is 3.58. The number of rotatable bonds is 0. The molecule has 0 N–H and O–H groups in total. The van der Waals surface area contributed by atoms with Crippen LogP contribution in [0.15, 0.2) is 56.4 Å².